The van der Waals surface area contributed by atoms with Gasteiger partial charge in [-0.05, 0) is 62.5 Å². The number of carbonyl (C=O) groups excluding carboxylic acids is 2. The second kappa shape index (κ2) is 11.4. The number of nitrogens with zero attached hydrogens (tertiary/aromatic N) is 2. The van der Waals surface area contributed by atoms with E-state index in [4.69, 9.17) is 13.9 Å². The lowest BCUT2D eigenvalue weighted by molar-refractivity contribution is -0.109. The molecule has 1 amide bonds. The van der Waals surface area contributed by atoms with E-state index in [0.717, 1.165) is 13.0 Å². The maximum absolute atomic E-state index is 12.4. The minimum absolute atomic E-state index is 0.0145. The van der Waals surface area contributed by atoms with Crippen molar-refractivity contribution in [1.82, 2.24) is 4.98 Å². The van der Waals surface area contributed by atoms with Gasteiger partial charge in [-0.3, -0.25) is 4.79 Å². The molecule has 0 aliphatic carbocycles. The molecular formula is C21H29BrN2O6. The summed E-state index contributed by atoms with van der Waals surface area (Å²) in [6.45, 7) is 8.67. The molecule has 0 spiro atoms. The Labute approximate surface area is 185 Å². The molecule has 1 saturated heterocycles. The Morgan fingerprint density at radius 3 is 2.47 bits per heavy atom. The van der Waals surface area contributed by atoms with Crippen LogP contribution in [0.25, 0.3) is 11.0 Å². The first kappa shape index (κ1) is 24.3. The summed E-state index contributed by atoms with van der Waals surface area (Å²) in [6, 6.07) is 1.63. The lowest BCUT2D eigenvalue weighted by atomic mass is 9.97. The van der Waals surface area contributed by atoms with Crippen LogP contribution in [0.2, 0.25) is 0 Å². The molecule has 1 aliphatic rings. The largest absolute Gasteiger partial charge is 0.460 e. The molecular weight excluding hydrogens is 456 g/mol. The van der Waals surface area contributed by atoms with E-state index in [1.165, 1.54) is 6.20 Å². The van der Waals surface area contributed by atoms with Crippen molar-refractivity contribution in [2.24, 2.45) is 0 Å². The normalized spacial score (nSPS) is 20.9. The van der Waals surface area contributed by atoms with Crippen molar-refractivity contribution in [3.05, 3.63) is 22.6 Å². The SMILES string of the molecule is CCOC.CCOC(=O)c1oc2cnc(Br)cc2c1N(C=O)C1CC(C)OC(C)C1. The Balaban J connectivity index is 0.000000735. The fourth-order valence-electron chi connectivity index (χ4n) is 3.47. The first-order chi connectivity index (χ1) is 14.4. The van der Waals surface area contributed by atoms with Gasteiger partial charge < -0.3 is 23.5 Å². The van der Waals surface area contributed by atoms with Crippen LogP contribution >= 0.6 is 15.9 Å². The Morgan fingerprint density at radius 2 is 1.93 bits per heavy atom. The molecule has 2 aromatic rings. The molecule has 30 heavy (non-hydrogen) atoms. The summed E-state index contributed by atoms with van der Waals surface area (Å²) >= 11 is 3.33. The van der Waals surface area contributed by atoms with E-state index in [9.17, 15) is 9.59 Å². The first-order valence-corrected chi connectivity index (χ1v) is 10.8. The number of anilines is 1. The van der Waals surface area contributed by atoms with E-state index in [0.29, 0.717) is 34.1 Å². The number of fused-ring (bicyclic) bond motifs is 1. The molecule has 0 radical (unpaired) electrons. The second-order valence-corrected chi connectivity index (χ2v) is 7.79. The molecule has 1 fully saturated rings. The number of halogens is 1. The lowest BCUT2D eigenvalue weighted by Gasteiger charge is -2.37. The molecule has 8 nitrogen and oxygen atoms in total. The van der Waals surface area contributed by atoms with Gasteiger partial charge in [0.2, 0.25) is 12.2 Å². The third kappa shape index (κ3) is 5.80. The van der Waals surface area contributed by atoms with Crippen LogP contribution in [0.4, 0.5) is 5.69 Å². The van der Waals surface area contributed by atoms with Gasteiger partial charge >= 0.3 is 5.97 Å². The van der Waals surface area contributed by atoms with E-state index in [1.807, 2.05) is 20.8 Å². The van der Waals surface area contributed by atoms with Crippen LogP contribution in [0.15, 0.2) is 21.3 Å². The average molecular weight is 485 g/mol. The minimum Gasteiger partial charge on any atom is -0.460 e. The maximum Gasteiger partial charge on any atom is 0.376 e. The number of hydrogen-bond donors (Lipinski definition) is 0. The highest BCUT2D eigenvalue weighted by molar-refractivity contribution is 9.10. The van der Waals surface area contributed by atoms with E-state index in [2.05, 4.69) is 25.7 Å². The molecule has 2 unspecified atom stereocenters. The summed E-state index contributed by atoms with van der Waals surface area (Å²) in [7, 11) is 1.68. The number of amides is 1. The quantitative estimate of drug-likeness (QED) is 0.342. The smallest absolute Gasteiger partial charge is 0.376 e. The van der Waals surface area contributed by atoms with Crippen LogP contribution in [0.3, 0.4) is 0 Å². The van der Waals surface area contributed by atoms with Gasteiger partial charge in [0.1, 0.15) is 10.3 Å². The fraction of sp³-hybridized carbons (Fsp3) is 0.571. The zero-order chi connectivity index (χ0) is 22.3. The molecule has 9 heteroatoms. The summed E-state index contributed by atoms with van der Waals surface area (Å²) in [5, 5.41) is 0.633. The van der Waals surface area contributed by atoms with Gasteiger partial charge in [0.25, 0.3) is 0 Å². The number of furan rings is 1. The number of esters is 1. The number of rotatable bonds is 6. The Kier molecular flexibility index (Phi) is 9.26. The number of ether oxygens (including phenoxy) is 3. The average Bonchev–Trinajstić information content (AvgIpc) is 3.07. The number of pyridine rings is 1. The molecule has 166 valence electrons. The van der Waals surface area contributed by atoms with Crippen LogP contribution in [-0.4, -0.2) is 55.9 Å². The topological polar surface area (TPSA) is 91.1 Å². The highest BCUT2D eigenvalue weighted by atomic mass is 79.9. The molecule has 0 aromatic carbocycles. The number of carbonyl (C=O) groups is 2. The number of methoxy groups -OCH3 is 1. The van der Waals surface area contributed by atoms with Crippen molar-refractivity contribution in [3.63, 3.8) is 0 Å². The Bertz CT molecular complexity index is 843. The van der Waals surface area contributed by atoms with Crippen molar-refractivity contribution in [1.29, 1.82) is 0 Å². The molecule has 2 atom stereocenters. The van der Waals surface area contributed by atoms with Gasteiger partial charge in [0.15, 0.2) is 5.58 Å². The van der Waals surface area contributed by atoms with Crippen LogP contribution in [0.1, 0.15) is 51.1 Å². The molecule has 3 rings (SSSR count). The van der Waals surface area contributed by atoms with E-state index >= 15 is 0 Å². The minimum atomic E-state index is -0.602. The van der Waals surface area contributed by atoms with E-state index in [1.54, 1.807) is 25.0 Å². The zero-order valence-electron chi connectivity index (χ0n) is 18.0. The number of hydrogen-bond acceptors (Lipinski definition) is 7. The van der Waals surface area contributed by atoms with Gasteiger partial charge in [0.05, 0.1) is 25.0 Å². The van der Waals surface area contributed by atoms with Crippen molar-refractivity contribution < 1.29 is 28.2 Å². The van der Waals surface area contributed by atoms with E-state index in [-0.39, 0.29) is 30.6 Å². The maximum atomic E-state index is 12.4. The number of aromatic nitrogens is 1. The van der Waals surface area contributed by atoms with Gasteiger partial charge in [-0.15, -0.1) is 0 Å². The predicted octanol–water partition coefficient (Wildman–Crippen LogP) is 4.34. The summed E-state index contributed by atoms with van der Waals surface area (Å²) in [5.74, 6) is -0.588. The summed E-state index contributed by atoms with van der Waals surface area (Å²) in [5.41, 5.74) is 0.842. The molecule has 2 aromatic heterocycles. The van der Waals surface area contributed by atoms with Crippen LogP contribution < -0.4 is 4.90 Å². The molecule has 3 heterocycles. The standard InChI is InChI=1S/C18H21BrN2O5.C3H8O/c1-4-24-18(23)17-16(13-7-15(19)20-8-14(13)26-17)21(9-22)12-5-10(2)25-11(3)6-12;1-3-4-2/h7-12H,4-6H2,1-3H3;3H2,1-2H3. The van der Waals surface area contributed by atoms with Gasteiger partial charge in [0, 0.05) is 25.1 Å². The zero-order valence-corrected chi connectivity index (χ0v) is 19.6. The second-order valence-electron chi connectivity index (χ2n) is 6.98. The summed E-state index contributed by atoms with van der Waals surface area (Å²) in [6.07, 6.45) is 3.64. The van der Waals surface area contributed by atoms with Crippen LogP contribution in [0.5, 0.6) is 0 Å². The van der Waals surface area contributed by atoms with E-state index < -0.39 is 5.97 Å². The molecule has 0 N–H and O–H groups in total. The third-order valence-electron chi connectivity index (χ3n) is 4.70. The van der Waals surface area contributed by atoms with Crippen molar-refractivity contribution >= 4 is 45.0 Å². The highest BCUT2D eigenvalue weighted by Crippen LogP contribution is 2.38. The van der Waals surface area contributed by atoms with Gasteiger partial charge in [-0.25, -0.2) is 9.78 Å². The Morgan fingerprint density at radius 1 is 1.30 bits per heavy atom. The lowest BCUT2D eigenvalue weighted by Crippen LogP contribution is -2.44. The molecule has 0 bridgehead atoms. The predicted molar refractivity (Wildman–Crippen MR) is 117 cm³/mol. The Hall–Kier alpha value is -1.97. The third-order valence-corrected chi connectivity index (χ3v) is 5.14. The fourth-order valence-corrected chi connectivity index (χ4v) is 3.81. The van der Waals surface area contributed by atoms with Crippen molar-refractivity contribution in [2.75, 3.05) is 25.2 Å². The highest BCUT2D eigenvalue weighted by Gasteiger charge is 2.34. The van der Waals surface area contributed by atoms with Crippen LogP contribution in [-0.2, 0) is 19.0 Å². The first-order valence-electron chi connectivity index (χ1n) is 9.99. The summed E-state index contributed by atoms with van der Waals surface area (Å²) < 4.78 is 21.7. The monoisotopic (exact) mass is 484 g/mol. The molecule has 0 saturated carbocycles. The van der Waals surface area contributed by atoms with Gasteiger partial charge in [-0.2, -0.15) is 0 Å². The summed E-state index contributed by atoms with van der Waals surface area (Å²) in [4.78, 5) is 30.2. The van der Waals surface area contributed by atoms with Gasteiger partial charge in [-0.1, -0.05) is 0 Å². The van der Waals surface area contributed by atoms with Crippen molar-refractivity contribution in [2.45, 2.75) is 58.8 Å². The van der Waals surface area contributed by atoms with Crippen molar-refractivity contribution in [3.8, 4) is 0 Å². The molecule has 1 aliphatic heterocycles. The van der Waals surface area contributed by atoms with Crippen LogP contribution in [0, 0.1) is 0 Å².